The Morgan fingerprint density at radius 3 is 2.55 bits per heavy atom. The van der Waals surface area contributed by atoms with E-state index in [2.05, 4.69) is 15.0 Å². The number of aromatic nitrogens is 3. The predicted molar refractivity (Wildman–Crippen MR) is 125 cm³/mol. The quantitative estimate of drug-likeness (QED) is 0.705. The van der Waals surface area contributed by atoms with Gasteiger partial charge in [0.15, 0.2) is 0 Å². The first-order valence-corrected chi connectivity index (χ1v) is 11.9. The van der Waals surface area contributed by atoms with Crippen molar-refractivity contribution in [2.45, 2.75) is 51.7 Å². The van der Waals surface area contributed by atoms with Crippen LogP contribution in [0.4, 0.5) is 5.69 Å². The van der Waals surface area contributed by atoms with Crippen LogP contribution in [0.25, 0.3) is 0 Å². The Bertz CT molecular complexity index is 913. The van der Waals surface area contributed by atoms with Gasteiger partial charge in [-0.05, 0) is 37.3 Å². The molecule has 1 saturated heterocycles. The predicted octanol–water partition coefficient (Wildman–Crippen LogP) is 1.93. The number of hydrogen-bond acceptors (Lipinski definition) is 6. The van der Waals surface area contributed by atoms with Gasteiger partial charge in [-0.2, -0.15) is 5.10 Å². The molecule has 4 rings (SSSR count). The lowest BCUT2D eigenvalue weighted by Gasteiger charge is -2.36. The monoisotopic (exact) mass is 454 g/mol. The number of rotatable bonds is 3. The van der Waals surface area contributed by atoms with Gasteiger partial charge in [0.1, 0.15) is 19.2 Å². The van der Waals surface area contributed by atoms with Crippen LogP contribution in [-0.4, -0.2) is 81.8 Å². The smallest absolute Gasteiger partial charge is 0.244 e. The van der Waals surface area contributed by atoms with Gasteiger partial charge in [0.05, 0.1) is 0 Å². The summed E-state index contributed by atoms with van der Waals surface area (Å²) < 4.78 is 7.12. The zero-order chi connectivity index (χ0) is 23.0. The van der Waals surface area contributed by atoms with Crippen LogP contribution in [0.3, 0.4) is 0 Å². The van der Waals surface area contributed by atoms with Crippen molar-refractivity contribution in [3.63, 3.8) is 0 Å². The minimum absolute atomic E-state index is 0.000598. The zero-order valence-electron chi connectivity index (χ0n) is 19.4. The van der Waals surface area contributed by atoms with Gasteiger partial charge in [-0.3, -0.25) is 9.59 Å². The third kappa shape index (κ3) is 6.17. The summed E-state index contributed by atoms with van der Waals surface area (Å²) in [6, 6.07) is 8.42. The second-order valence-electron chi connectivity index (χ2n) is 8.79. The molecule has 0 spiro atoms. The Hall–Kier alpha value is -2.78. The third-order valence-electron chi connectivity index (χ3n) is 6.55. The summed E-state index contributed by atoms with van der Waals surface area (Å²) in [6.45, 7) is 7.02. The Labute approximate surface area is 195 Å². The van der Waals surface area contributed by atoms with Gasteiger partial charge in [0.2, 0.25) is 11.8 Å². The number of amides is 2. The highest BCUT2D eigenvalue weighted by Crippen LogP contribution is 2.24. The van der Waals surface area contributed by atoms with Crippen LogP contribution in [0.1, 0.15) is 38.2 Å². The molecule has 0 bridgehead atoms. The molecule has 0 saturated carbocycles. The molecule has 1 fully saturated rings. The number of benzene rings is 1. The number of anilines is 1. The van der Waals surface area contributed by atoms with Gasteiger partial charge in [0, 0.05) is 64.6 Å². The van der Waals surface area contributed by atoms with Crippen molar-refractivity contribution >= 4 is 17.5 Å². The van der Waals surface area contributed by atoms with Crippen LogP contribution >= 0.6 is 0 Å². The highest BCUT2D eigenvalue weighted by Gasteiger charge is 2.25. The molecule has 2 aliphatic heterocycles. The Morgan fingerprint density at radius 2 is 1.82 bits per heavy atom. The lowest BCUT2D eigenvalue weighted by atomic mass is 10.1. The maximum atomic E-state index is 13.2. The molecule has 0 N–H and O–H groups in total. The molecule has 9 heteroatoms. The van der Waals surface area contributed by atoms with Crippen LogP contribution in [0.2, 0.25) is 0 Å². The van der Waals surface area contributed by atoms with Gasteiger partial charge in [-0.1, -0.05) is 18.2 Å². The maximum Gasteiger partial charge on any atom is 0.244 e. The van der Waals surface area contributed by atoms with Crippen molar-refractivity contribution in [1.29, 1.82) is 0 Å². The molecule has 0 aliphatic carbocycles. The van der Waals surface area contributed by atoms with Crippen LogP contribution in [0.15, 0.2) is 36.9 Å². The summed E-state index contributed by atoms with van der Waals surface area (Å²) in [5.41, 5.74) is 1.88. The molecule has 2 amide bonds. The number of fused-ring (bicyclic) bond motifs is 1. The summed E-state index contributed by atoms with van der Waals surface area (Å²) in [5.74, 6) is 0.0250. The van der Waals surface area contributed by atoms with E-state index in [0.29, 0.717) is 25.7 Å². The van der Waals surface area contributed by atoms with E-state index in [0.717, 1.165) is 63.2 Å². The first kappa shape index (κ1) is 23.4. The zero-order valence-corrected chi connectivity index (χ0v) is 19.4. The molecule has 2 aromatic rings. The largest absolute Gasteiger partial charge is 0.381 e. The lowest BCUT2D eigenvalue weighted by molar-refractivity contribution is -0.132. The van der Waals surface area contributed by atoms with E-state index in [1.54, 1.807) is 17.9 Å². The maximum absolute atomic E-state index is 13.2. The van der Waals surface area contributed by atoms with Gasteiger partial charge < -0.3 is 19.4 Å². The molecule has 9 nitrogen and oxygen atoms in total. The van der Waals surface area contributed by atoms with E-state index in [1.165, 1.54) is 6.33 Å². The van der Waals surface area contributed by atoms with Crippen molar-refractivity contribution in [3.05, 3.63) is 42.5 Å². The van der Waals surface area contributed by atoms with E-state index in [1.807, 2.05) is 34.1 Å². The average Bonchev–Trinajstić information content (AvgIpc) is 3.33. The van der Waals surface area contributed by atoms with Crippen LogP contribution in [0.5, 0.6) is 0 Å². The third-order valence-corrected chi connectivity index (χ3v) is 6.55. The molecule has 1 aromatic carbocycles. The fourth-order valence-electron chi connectivity index (χ4n) is 4.83. The fourth-order valence-corrected chi connectivity index (χ4v) is 4.83. The van der Waals surface area contributed by atoms with Gasteiger partial charge >= 0.3 is 0 Å². The normalized spacial score (nSPS) is 19.4. The lowest BCUT2D eigenvalue weighted by Crippen LogP contribution is -2.44. The molecular formula is C24H34N6O3. The minimum Gasteiger partial charge on any atom is -0.381 e. The van der Waals surface area contributed by atoms with E-state index in [9.17, 15) is 9.59 Å². The highest BCUT2D eigenvalue weighted by molar-refractivity contribution is 5.92. The Balaban J connectivity index is 1.58. The standard InChI is InChI=1S/C24H34N6O3/c1-20(31)30-13-5-11-27(22-8-14-33-15-9-22)10-4-12-28(16-21-6-2-3-7-23(21)30)24(32)17-29-19-25-18-26-29/h2-3,6-7,18-19,22H,4-5,8-17H2,1H3. The highest BCUT2D eigenvalue weighted by atomic mass is 16.5. The number of nitrogens with zero attached hydrogens (tertiary/aromatic N) is 6. The SMILES string of the molecule is CC(=O)N1CCCN(C2CCOCC2)CCCN(C(=O)Cn2cncn2)Cc2ccccc21. The average molecular weight is 455 g/mol. The van der Waals surface area contributed by atoms with E-state index in [4.69, 9.17) is 4.74 Å². The van der Waals surface area contributed by atoms with Crippen molar-refractivity contribution < 1.29 is 14.3 Å². The van der Waals surface area contributed by atoms with Gasteiger partial charge in [-0.15, -0.1) is 0 Å². The van der Waals surface area contributed by atoms with Crippen molar-refractivity contribution in [2.24, 2.45) is 0 Å². The second kappa shape index (κ2) is 11.4. The van der Waals surface area contributed by atoms with Crippen molar-refractivity contribution in [3.8, 4) is 0 Å². The molecule has 1 aromatic heterocycles. The van der Waals surface area contributed by atoms with Gasteiger partial charge in [-0.25, -0.2) is 9.67 Å². The molecule has 2 aliphatic rings. The molecule has 0 atom stereocenters. The summed E-state index contributed by atoms with van der Waals surface area (Å²) in [5, 5.41) is 4.09. The van der Waals surface area contributed by atoms with Gasteiger partial charge in [0.25, 0.3) is 0 Å². The number of ether oxygens (including phenoxy) is 1. The fraction of sp³-hybridized carbons (Fsp3) is 0.583. The molecular weight excluding hydrogens is 420 g/mol. The second-order valence-corrected chi connectivity index (χ2v) is 8.79. The van der Waals surface area contributed by atoms with E-state index < -0.39 is 0 Å². The van der Waals surface area contributed by atoms with E-state index in [-0.39, 0.29) is 18.4 Å². The Morgan fingerprint density at radius 1 is 1.06 bits per heavy atom. The molecule has 0 unspecified atom stereocenters. The van der Waals surface area contributed by atoms with Crippen LogP contribution in [0, 0.1) is 0 Å². The van der Waals surface area contributed by atoms with Crippen LogP contribution in [-0.2, 0) is 27.4 Å². The molecule has 178 valence electrons. The number of hydrogen-bond donors (Lipinski definition) is 0. The number of para-hydroxylation sites is 1. The minimum atomic E-state index is -0.000598. The molecule has 0 radical (unpaired) electrons. The summed E-state index contributed by atoms with van der Waals surface area (Å²) >= 11 is 0. The summed E-state index contributed by atoms with van der Waals surface area (Å²) in [7, 11) is 0. The number of carbonyl (C=O) groups excluding carboxylic acids is 2. The molecule has 33 heavy (non-hydrogen) atoms. The van der Waals surface area contributed by atoms with Crippen molar-refractivity contribution in [2.75, 3.05) is 44.3 Å². The number of carbonyl (C=O) groups is 2. The van der Waals surface area contributed by atoms with Crippen LogP contribution < -0.4 is 4.90 Å². The molecule has 3 heterocycles. The summed E-state index contributed by atoms with van der Waals surface area (Å²) in [6.07, 6.45) is 6.89. The summed E-state index contributed by atoms with van der Waals surface area (Å²) in [4.78, 5) is 36.0. The topological polar surface area (TPSA) is 83.8 Å². The van der Waals surface area contributed by atoms with Crippen molar-refractivity contribution in [1.82, 2.24) is 24.6 Å². The first-order valence-electron chi connectivity index (χ1n) is 11.9. The first-order chi connectivity index (χ1) is 16.1. The Kier molecular flexibility index (Phi) is 8.06. The van der Waals surface area contributed by atoms with E-state index >= 15 is 0 Å².